The molecule has 0 radical (unpaired) electrons. The van der Waals surface area contributed by atoms with Gasteiger partial charge in [0.05, 0.1) is 17.5 Å². The Hall–Kier alpha value is -3.28. The van der Waals surface area contributed by atoms with Crippen LogP contribution in [0.15, 0.2) is 78.9 Å². The number of rotatable bonds is 7. The summed E-state index contributed by atoms with van der Waals surface area (Å²) in [6.45, 7) is 4.77. The number of anilines is 1. The van der Waals surface area contributed by atoms with E-state index in [0.29, 0.717) is 31.7 Å². The SMILES string of the molecule is CC(C)c1ccc(N2CC(C(Cc3ccccc3)C(=O)O)CCC2c2ccc(C(F)(F)F)cc2)cc1. The van der Waals surface area contributed by atoms with E-state index in [4.69, 9.17) is 0 Å². The summed E-state index contributed by atoms with van der Waals surface area (Å²) in [6.07, 6.45) is -2.57. The second-order valence-corrected chi connectivity index (χ2v) is 10.0. The molecule has 1 N–H and O–H groups in total. The maximum absolute atomic E-state index is 13.1. The van der Waals surface area contributed by atoms with Gasteiger partial charge in [0.2, 0.25) is 0 Å². The molecule has 36 heavy (non-hydrogen) atoms. The van der Waals surface area contributed by atoms with Gasteiger partial charge >= 0.3 is 12.1 Å². The third kappa shape index (κ3) is 5.92. The number of carboxylic acid groups (broad SMARTS) is 1. The van der Waals surface area contributed by atoms with E-state index in [1.807, 2.05) is 42.5 Å². The molecule has 0 amide bonds. The third-order valence-electron chi connectivity index (χ3n) is 7.32. The van der Waals surface area contributed by atoms with Crippen LogP contribution in [0.5, 0.6) is 0 Å². The van der Waals surface area contributed by atoms with Crippen molar-refractivity contribution < 1.29 is 23.1 Å². The molecule has 0 saturated carbocycles. The molecular formula is C30H32F3NO2. The first-order chi connectivity index (χ1) is 17.1. The van der Waals surface area contributed by atoms with Gasteiger partial charge in [-0.05, 0) is 72.1 Å². The molecule has 190 valence electrons. The number of halogens is 3. The molecule has 1 heterocycles. The van der Waals surface area contributed by atoms with E-state index in [0.717, 1.165) is 28.9 Å². The van der Waals surface area contributed by atoms with Crippen LogP contribution in [0.4, 0.5) is 18.9 Å². The van der Waals surface area contributed by atoms with Gasteiger partial charge in [0.15, 0.2) is 0 Å². The highest BCUT2D eigenvalue weighted by Gasteiger charge is 2.37. The van der Waals surface area contributed by atoms with E-state index in [2.05, 4.69) is 30.9 Å². The highest BCUT2D eigenvalue weighted by Crippen LogP contribution is 2.41. The van der Waals surface area contributed by atoms with Gasteiger partial charge in [-0.2, -0.15) is 13.2 Å². The van der Waals surface area contributed by atoms with Crippen molar-refractivity contribution in [3.8, 4) is 0 Å². The summed E-state index contributed by atoms with van der Waals surface area (Å²) in [4.78, 5) is 14.5. The topological polar surface area (TPSA) is 40.5 Å². The van der Waals surface area contributed by atoms with Gasteiger partial charge in [0, 0.05) is 12.2 Å². The van der Waals surface area contributed by atoms with Crippen LogP contribution in [0.1, 0.15) is 60.9 Å². The molecule has 0 spiro atoms. The van der Waals surface area contributed by atoms with Crippen molar-refractivity contribution in [2.45, 2.75) is 51.2 Å². The predicted octanol–water partition coefficient (Wildman–Crippen LogP) is 7.73. The van der Waals surface area contributed by atoms with E-state index in [-0.39, 0.29) is 12.0 Å². The highest BCUT2D eigenvalue weighted by molar-refractivity contribution is 5.71. The Morgan fingerprint density at radius 1 is 0.944 bits per heavy atom. The number of piperidine rings is 1. The van der Waals surface area contributed by atoms with E-state index in [1.165, 1.54) is 5.56 Å². The number of aliphatic carboxylic acids is 1. The first-order valence-corrected chi connectivity index (χ1v) is 12.4. The smallest absolute Gasteiger partial charge is 0.416 e. The van der Waals surface area contributed by atoms with E-state index in [9.17, 15) is 23.1 Å². The zero-order chi connectivity index (χ0) is 25.9. The van der Waals surface area contributed by atoms with Crippen molar-refractivity contribution in [1.82, 2.24) is 0 Å². The summed E-state index contributed by atoms with van der Waals surface area (Å²) in [5.41, 5.74) is 3.29. The van der Waals surface area contributed by atoms with Crippen LogP contribution in [0, 0.1) is 11.8 Å². The van der Waals surface area contributed by atoms with Crippen LogP contribution >= 0.6 is 0 Å². The first-order valence-electron chi connectivity index (χ1n) is 12.4. The summed E-state index contributed by atoms with van der Waals surface area (Å²) in [5, 5.41) is 10.1. The molecule has 4 rings (SSSR count). The highest BCUT2D eigenvalue weighted by atomic mass is 19.4. The Morgan fingerprint density at radius 2 is 1.58 bits per heavy atom. The second kappa shape index (κ2) is 10.8. The number of benzene rings is 3. The lowest BCUT2D eigenvalue weighted by Crippen LogP contribution is -2.43. The van der Waals surface area contributed by atoms with Crippen LogP contribution in [0.2, 0.25) is 0 Å². The van der Waals surface area contributed by atoms with E-state index < -0.39 is 23.6 Å². The Bertz CT molecular complexity index is 1140. The lowest BCUT2D eigenvalue weighted by atomic mass is 9.78. The van der Waals surface area contributed by atoms with Crippen LogP contribution in [0.25, 0.3) is 0 Å². The summed E-state index contributed by atoms with van der Waals surface area (Å²) in [5.74, 6) is -1.07. The molecule has 6 heteroatoms. The van der Waals surface area contributed by atoms with Gasteiger partial charge in [0.1, 0.15) is 0 Å². The van der Waals surface area contributed by atoms with Gasteiger partial charge in [-0.25, -0.2) is 0 Å². The molecule has 1 fully saturated rings. The van der Waals surface area contributed by atoms with Gasteiger partial charge in [-0.3, -0.25) is 4.79 Å². The minimum absolute atomic E-state index is 0.0850. The van der Waals surface area contributed by atoms with Crippen LogP contribution in [-0.4, -0.2) is 17.6 Å². The minimum Gasteiger partial charge on any atom is -0.481 e. The molecule has 3 unspecified atom stereocenters. The zero-order valence-electron chi connectivity index (χ0n) is 20.6. The van der Waals surface area contributed by atoms with Gasteiger partial charge in [-0.1, -0.05) is 68.4 Å². The Morgan fingerprint density at radius 3 is 2.14 bits per heavy atom. The fourth-order valence-corrected chi connectivity index (χ4v) is 5.23. The quantitative estimate of drug-likeness (QED) is 0.365. The molecule has 1 aliphatic rings. The number of hydrogen-bond acceptors (Lipinski definition) is 2. The molecule has 3 atom stereocenters. The van der Waals surface area contributed by atoms with Crippen molar-refractivity contribution in [1.29, 1.82) is 0 Å². The monoisotopic (exact) mass is 495 g/mol. The molecule has 0 bridgehead atoms. The number of carboxylic acids is 1. The fourth-order valence-electron chi connectivity index (χ4n) is 5.23. The predicted molar refractivity (Wildman–Crippen MR) is 136 cm³/mol. The largest absolute Gasteiger partial charge is 0.481 e. The van der Waals surface area contributed by atoms with Gasteiger partial charge in [-0.15, -0.1) is 0 Å². The van der Waals surface area contributed by atoms with Crippen molar-refractivity contribution in [2.75, 3.05) is 11.4 Å². The average Bonchev–Trinajstić information content (AvgIpc) is 2.87. The molecule has 0 aliphatic carbocycles. The maximum atomic E-state index is 13.1. The molecule has 3 aromatic carbocycles. The Balaban J connectivity index is 1.64. The summed E-state index contributed by atoms with van der Waals surface area (Å²) < 4.78 is 39.4. The second-order valence-electron chi connectivity index (χ2n) is 10.0. The van der Waals surface area contributed by atoms with E-state index >= 15 is 0 Å². The lowest BCUT2D eigenvalue weighted by molar-refractivity contribution is -0.144. The normalized spacial score (nSPS) is 19.3. The average molecular weight is 496 g/mol. The van der Waals surface area contributed by atoms with E-state index in [1.54, 1.807) is 12.1 Å². The third-order valence-corrected chi connectivity index (χ3v) is 7.32. The standard InChI is InChI=1S/C30H32F3NO2/c1-20(2)22-10-15-26(16-11-22)34-19-24(27(29(35)36)18-21-6-4-3-5-7-21)12-17-28(34)23-8-13-25(14-9-23)30(31,32)33/h3-11,13-16,20,24,27-28H,12,17-19H2,1-2H3,(H,35,36). The molecule has 3 nitrogen and oxygen atoms in total. The molecule has 1 saturated heterocycles. The summed E-state index contributed by atoms with van der Waals surface area (Å²) in [6, 6.07) is 23.1. The number of hydrogen-bond donors (Lipinski definition) is 1. The van der Waals surface area contributed by atoms with Crippen LogP contribution < -0.4 is 4.90 Å². The Labute approximate surface area is 210 Å². The molecular weight excluding hydrogens is 463 g/mol. The lowest BCUT2D eigenvalue weighted by Gasteiger charge is -2.43. The maximum Gasteiger partial charge on any atom is 0.416 e. The number of alkyl halides is 3. The Kier molecular flexibility index (Phi) is 7.72. The summed E-state index contributed by atoms with van der Waals surface area (Å²) >= 11 is 0. The minimum atomic E-state index is -4.38. The fraction of sp³-hybridized carbons (Fsp3) is 0.367. The first kappa shape index (κ1) is 25.8. The zero-order valence-corrected chi connectivity index (χ0v) is 20.6. The van der Waals surface area contributed by atoms with Crippen molar-refractivity contribution >= 4 is 11.7 Å². The summed E-state index contributed by atoms with van der Waals surface area (Å²) in [7, 11) is 0. The van der Waals surface area contributed by atoms with Crippen molar-refractivity contribution in [2.24, 2.45) is 11.8 Å². The van der Waals surface area contributed by atoms with Crippen molar-refractivity contribution in [3.63, 3.8) is 0 Å². The van der Waals surface area contributed by atoms with Gasteiger partial charge in [0.25, 0.3) is 0 Å². The van der Waals surface area contributed by atoms with Crippen LogP contribution in [0.3, 0.4) is 0 Å². The van der Waals surface area contributed by atoms with Gasteiger partial charge < -0.3 is 10.0 Å². The number of carbonyl (C=O) groups is 1. The molecule has 3 aromatic rings. The molecule has 0 aromatic heterocycles. The number of nitrogens with zero attached hydrogens (tertiary/aromatic N) is 1. The molecule has 1 aliphatic heterocycles. The van der Waals surface area contributed by atoms with Crippen LogP contribution in [-0.2, 0) is 17.4 Å². The van der Waals surface area contributed by atoms with Crippen molar-refractivity contribution in [3.05, 3.63) is 101 Å².